The molecule has 0 bridgehead atoms. The summed E-state index contributed by atoms with van der Waals surface area (Å²) in [5, 5.41) is 12.3. The molecule has 5 heteroatoms. The van der Waals surface area contributed by atoms with E-state index in [1.54, 1.807) is 0 Å². The number of ether oxygens (including phenoxy) is 1. The summed E-state index contributed by atoms with van der Waals surface area (Å²) in [6.07, 6.45) is 3.40. The van der Waals surface area contributed by atoms with Gasteiger partial charge in [-0.1, -0.05) is 69.3 Å². The third-order valence-electron chi connectivity index (χ3n) is 7.61. The molecule has 0 radical (unpaired) electrons. The maximum atomic E-state index is 12.8. The highest BCUT2D eigenvalue weighted by molar-refractivity contribution is 5.79. The number of amides is 1. The zero-order chi connectivity index (χ0) is 23.6. The van der Waals surface area contributed by atoms with Gasteiger partial charge in [0.25, 0.3) is 0 Å². The van der Waals surface area contributed by atoms with Gasteiger partial charge < -0.3 is 15.2 Å². The van der Waals surface area contributed by atoms with Crippen molar-refractivity contribution in [3.8, 4) is 11.1 Å². The molecule has 5 nitrogen and oxygen atoms in total. The van der Waals surface area contributed by atoms with Crippen LogP contribution in [0.1, 0.15) is 69.9 Å². The molecule has 2 aliphatic rings. The lowest BCUT2D eigenvalue weighted by molar-refractivity contribution is -0.138. The van der Waals surface area contributed by atoms with Crippen LogP contribution in [0.3, 0.4) is 0 Å². The summed E-state index contributed by atoms with van der Waals surface area (Å²) in [5.74, 6) is -0.103. The first-order valence-electron chi connectivity index (χ1n) is 12.1. The van der Waals surface area contributed by atoms with Crippen LogP contribution in [0.15, 0.2) is 48.5 Å². The standard InChI is InChI=1S/C28H35NO4/c1-28(2,3)19-14-12-18(13-15-19)25(16-26(30)31)29-27(32)33-17-24-22-10-6-4-8-20(22)21-9-5-7-11-23(21)24/h4-11,18-19,24-25H,12-17H2,1-3H3,(H,29,32)(H,30,31)/t18?,19?,25-/m0/s1. The van der Waals surface area contributed by atoms with Crippen molar-refractivity contribution in [1.29, 1.82) is 0 Å². The number of carboxylic acid groups (broad SMARTS) is 1. The van der Waals surface area contributed by atoms with E-state index in [1.807, 2.05) is 24.3 Å². The highest BCUT2D eigenvalue weighted by Crippen LogP contribution is 2.44. The fourth-order valence-electron chi connectivity index (χ4n) is 5.70. The molecule has 0 unspecified atom stereocenters. The molecular weight excluding hydrogens is 414 g/mol. The Bertz CT molecular complexity index is 955. The Morgan fingerprint density at radius 2 is 1.52 bits per heavy atom. The minimum absolute atomic E-state index is 0.0108. The van der Waals surface area contributed by atoms with E-state index >= 15 is 0 Å². The third kappa shape index (κ3) is 5.23. The molecule has 0 spiro atoms. The van der Waals surface area contributed by atoms with Crippen LogP contribution in [-0.2, 0) is 9.53 Å². The number of alkyl carbamates (subject to hydrolysis) is 1. The Morgan fingerprint density at radius 3 is 2.03 bits per heavy atom. The highest BCUT2D eigenvalue weighted by atomic mass is 16.5. The van der Waals surface area contributed by atoms with Crippen molar-refractivity contribution in [2.24, 2.45) is 17.3 Å². The van der Waals surface area contributed by atoms with Gasteiger partial charge in [0.15, 0.2) is 0 Å². The van der Waals surface area contributed by atoms with Gasteiger partial charge in [-0.3, -0.25) is 4.79 Å². The van der Waals surface area contributed by atoms with Gasteiger partial charge in [0.1, 0.15) is 6.61 Å². The lowest BCUT2D eigenvalue weighted by atomic mass is 9.68. The molecule has 0 aromatic heterocycles. The Balaban J connectivity index is 1.39. The number of nitrogens with one attached hydrogen (secondary N) is 1. The van der Waals surface area contributed by atoms with Crippen molar-refractivity contribution in [1.82, 2.24) is 5.32 Å². The van der Waals surface area contributed by atoms with Crippen LogP contribution < -0.4 is 5.32 Å². The number of carboxylic acids is 1. The molecule has 1 amide bonds. The van der Waals surface area contributed by atoms with Gasteiger partial charge in [0, 0.05) is 12.0 Å². The molecule has 2 aliphatic carbocycles. The summed E-state index contributed by atoms with van der Waals surface area (Å²) < 4.78 is 5.67. The van der Waals surface area contributed by atoms with Gasteiger partial charge in [0.2, 0.25) is 0 Å². The van der Waals surface area contributed by atoms with E-state index in [4.69, 9.17) is 4.74 Å². The third-order valence-corrected chi connectivity index (χ3v) is 7.61. The summed E-state index contributed by atoms with van der Waals surface area (Å²) in [5.41, 5.74) is 4.94. The monoisotopic (exact) mass is 449 g/mol. The highest BCUT2D eigenvalue weighted by Gasteiger charge is 2.35. The van der Waals surface area contributed by atoms with Gasteiger partial charge in [0.05, 0.1) is 6.42 Å². The van der Waals surface area contributed by atoms with E-state index in [0.717, 1.165) is 36.8 Å². The Morgan fingerprint density at radius 1 is 0.970 bits per heavy atom. The van der Waals surface area contributed by atoms with Crippen LogP contribution in [-0.4, -0.2) is 29.8 Å². The molecule has 4 rings (SSSR count). The van der Waals surface area contributed by atoms with Crippen LogP contribution in [0.5, 0.6) is 0 Å². The first kappa shape index (κ1) is 23.3. The van der Waals surface area contributed by atoms with Crippen molar-refractivity contribution in [3.63, 3.8) is 0 Å². The average molecular weight is 450 g/mol. The molecule has 0 heterocycles. The topological polar surface area (TPSA) is 75.6 Å². The first-order chi connectivity index (χ1) is 15.7. The molecule has 176 valence electrons. The lowest BCUT2D eigenvalue weighted by Crippen LogP contribution is -2.44. The lowest BCUT2D eigenvalue weighted by Gasteiger charge is -2.39. The Labute approximate surface area is 196 Å². The number of fused-ring (bicyclic) bond motifs is 3. The van der Waals surface area contributed by atoms with Gasteiger partial charge in [-0.25, -0.2) is 4.79 Å². The van der Waals surface area contributed by atoms with E-state index in [9.17, 15) is 14.7 Å². The molecular formula is C28H35NO4. The summed E-state index contributed by atoms with van der Waals surface area (Å²) in [4.78, 5) is 24.3. The van der Waals surface area contributed by atoms with E-state index in [-0.39, 0.29) is 30.3 Å². The number of aliphatic carboxylic acids is 1. The summed E-state index contributed by atoms with van der Waals surface area (Å²) >= 11 is 0. The molecule has 33 heavy (non-hydrogen) atoms. The molecule has 1 saturated carbocycles. The van der Waals surface area contributed by atoms with Crippen molar-refractivity contribution in [2.75, 3.05) is 6.61 Å². The van der Waals surface area contributed by atoms with Gasteiger partial charge in [-0.2, -0.15) is 0 Å². The summed E-state index contributed by atoms with van der Waals surface area (Å²) in [6, 6.07) is 16.0. The number of benzene rings is 2. The van der Waals surface area contributed by atoms with Crippen LogP contribution in [0.25, 0.3) is 11.1 Å². The van der Waals surface area contributed by atoms with Crippen LogP contribution in [0, 0.1) is 17.3 Å². The number of hydrogen-bond acceptors (Lipinski definition) is 3. The molecule has 1 atom stereocenters. The predicted octanol–water partition coefficient (Wildman–Crippen LogP) is 6.22. The first-order valence-corrected chi connectivity index (χ1v) is 12.1. The van der Waals surface area contributed by atoms with E-state index in [1.165, 1.54) is 11.1 Å². The molecule has 1 fully saturated rings. The molecule has 2 aromatic rings. The van der Waals surface area contributed by atoms with Crippen molar-refractivity contribution >= 4 is 12.1 Å². The van der Waals surface area contributed by atoms with Gasteiger partial charge in [-0.15, -0.1) is 0 Å². The zero-order valence-corrected chi connectivity index (χ0v) is 19.8. The maximum Gasteiger partial charge on any atom is 0.407 e. The largest absolute Gasteiger partial charge is 0.481 e. The normalized spacial score (nSPS) is 21.1. The number of carbonyl (C=O) groups excluding carboxylic acids is 1. The minimum atomic E-state index is -0.892. The molecule has 0 saturated heterocycles. The fraction of sp³-hybridized carbons (Fsp3) is 0.500. The smallest absolute Gasteiger partial charge is 0.407 e. The Kier molecular flexibility index (Phi) is 6.78. The second kappa shape index (κ2) is 9.58. The fourth-order valence-corrected chi connectivity index (χ4v) is 5.70. The zero-order valence-electron chi connectivity index (χ0n) is 19.8. The van der Waals surface area contributed by atoms with Crippen molar-refractivity contribution in [2.45, 2.75) is 64.8 Å². The van der Waals surface area contributed by atoms with Crippen molar-refractivity contribution < 1.29 is 19.4 Å². The minimum Gasteiger partial charge on any atom is -0.481 e. The Hall–Kier alpha value is -2.82. The molecule has 2 N–H and O–H groups in total. The molecule has 0 aliphatic heterocycles. The van der Waals surface area contributed by atoms with Gasteiger partial charge in [-0.05, 0) is 65.2 Å². The quantitative estimate of drug-likeness (QED) is 0.549. The predicted molar refractivity (Wildman–Crippen MR) is 129 cm³/mol. The second-order valence-electron chi connectivity index (χ2n) is 10.7. The van der Waals surface area contributed by atoms with E-state index in [0.29, 0.717) is 5.92 Å². The van der Waals surface area contributed by atoms with Crippen molar-refractivity contribution in [3.05, 3.63) is 59.7 Å². The van der Waals surface area contributed by atoms with E-state index in [2.05, 4.69) is 50.4 Å². The van der Waals surface area contributed by atoms with Gasteiger partial charge >= 0.3 is 12.1 Å². The van der Waals surface area contributed by atoms with Crippen LogP contribution >= 0.6 is 0 Å². The number of hydrogen-bond donors (Lipinski definition) is 2. The SMILES string of the molecule is CC(C)(C)C1CCC([C@H](CC(=O)O)NC(=O)OCC2c3ccccc3-c3ccccc32)CC1. The molecule has 2 aromatic carbocycles. The van der Waals surface area contributed by atoms with Crippen LogP contribution in [0.4, 0.5) is 4.79 Å². The second-order valence-corrected chi connectivity index (χ2v) is 10.7. The van der Waals surface area contributed by atoms with E-state index < -0.39 is 18.1 Å². The summed E-state index contributed by atoms with van der Waals surface area (Å²) in [6.45, 7) is 7.03. The van der Waals surface area contributed by atoms with Crippen LogP contribution in [0.2, 0.25) is 0 Å². The average Bonchev–Trinajstić information content (AvgIpc) is 3.10. The summed E-state index contributed by atoms with van der Waals surface area (Å²) in [7, 11) is 0. The number of rotatable bonds is 6. The number of carbonyl (C=O) groups is 2. The maximum absolute atomic E-state index is 12.8.